The summed E-state index contributed by atoms with van der Waals surface area (Å²) in [6.07, 6.45) is 1.48. The van der Waals surface area contributed by atoms with E-state index in [1.54, 1.807) is 0 Å². The highest BCUT2D eigenvalue weighted by atomic mass is 32.1. The molecular formula is C27H31N4O3S+. The first kappa shape index (κ1) is 22.6. The maximum absolute atomic E-state index is 13.8. The van der Waals surface area contributed by atoms with Crippen LogP contribution in [-0.2, 0) is 35.5 Å². The Kier molecular flexibility index (Phi) is 5.62. The average Bonchev–Trinajstić information content (AvgIpc) is 3.24. The predicted molar refractivity (Wildman–Crippen MR) is 138 cm³/mol. The lowest BCUT2D eigenvalue weighted by atomic mass is 9.90. The Labute approximate surface area is 208 Å². The smallest absolute Gasteiger partial charge is 0.281 e. The summed E-state index contributed by atoms with van der Waals surface area (Å²) in [4.78, 5) is 26.0. The van der Waals surface area contributed by atoms with Gasteiger partial charge in [0.15, 0.2) is 4.83 Å². The maximum atomic E-state index is 13.8. The van der Waals surface area contributed by atoms with Crippen molar-refractivity contribution in [1.82, 2.24) is 9.55 Å². The van der Waals surface area contributed by atoms with Crippen LogP contribution in [0.5, 0.6) is 0 Å². The number of hydrogen-bond donors (Lipinski definition) is 0. The lowest BCUT2D eigenvalue weighted by Gasteiger charge is -2.33. The number of aromatic amines is 1. The topological polar surface area (TPSA) is 70.7 Å². The molecule has 0 saturated carbocycles. The number of fused-ring (bicyclic) bond motifs is 5. The summed E-state index contributed by atoms with van der Waals surface area (Å²) in [5.74, 6) is 1.92. The second-order valence-corrected chi connectivity index (χ2v) is 11.0. The van der Waals surface area contributed by atoms with Gasteiger partial charge in [0.2, 0.25) is 0 Å². The summed E-state index contributed by atoms with van der Waals surface area (Å²) in [5.41, 5.74) is 4.15. The number of aryl methyl sites for hydroxylation is 1. The van der Waals surface area contributed by atoms with Crippen molar-refractivity contribution in [2.75, 3.05) is 31.2 Å². The Hall–Kier alpha value is -2.81. The van der Waals surface area contributed by atoms with E-state index in [-0.39, 0.29) is 11.2 Å². The van der Waals surface area contributed by atoms with Gasteiger partial charge >= 0.3 is 0 Å². The minimum atomic E-state index is -0.270. The standard InChI is InChI=1S/C27H30N4O3S/c1-4-20-28-22-21-18-14-27(2,3)34-16-19(18)24(30-10-12-33-13-11-30)29-25(21)35-23(22)26(32)31(20)15-17-8-6-5-7-9-17/h5-9H,4,10-16H2,1-3H3/p+1. The van der Waals surface area contributed by atoms with Crippen LogP contribution in [0, 0.1) is 0 Å². The molecule has 3 aromatic heterocycles. The third kappa shape index (κ3) is 3.93. The molecule has 0 bridgehead atoms. The molecule has 0 atom stereocenters. The predicted octanol–water partition coefficient (Wildman–Crippen LogP) is 3.72. The van der Waals surface area contributed by atoms with Crippen LogP contribution < -0.4 is 15.4 Å². The van der Waals surface area contributed by atoms with Gasteiger partial charge in [-0.3, -0.25) is 14.3 Å². The summed E-state index contributed by atoms with van der Waals surface area (Å²) >= 11 is 1.53. The Bertz CT molecular complexity index is 1470. The van der Waals surface area contributed by atoms with E-state index in [0.29, 0.717) is 32.8 Å². The van der Waals surface area contributed by atoms with Gasteiger partial charge in [0, 0.05) is 12.8 Å². The Balaban J connectivity index is 1.60. The van der Waals surface area contributed by atoms with Crippen LogP contribution in [0.3, 0.4) is 0 Å². The molecule has 7 nitrogen and oxygen atoms in total. The monoisotopic (exact) mass is 491 g/mol. The molecule has 2 aliphatic heterocycles. The van der Waals surface area contributed by atoms with Gasteiger partial charge in [0.25, 0.3) is 11.4 Å². The van der Waals surface area contributed by atoms with E-state index in [9.17, 15) is 4.79 Å². The fourth-order valence-electron chi connectivity index (χ4n) is 5.30. The summed E-state index contributed by atoms with van der Waals surface area (Å²) in [7, 11) is 0. The number of ether oxygens (including phenoxy) is 2. The van der Waals surface area contributed by atoms with Crippen LogP contribution in [0.25, 0.3) is 20.4 Å². The zero-order valence-corrected chi connectivity index (χ0v) is 21.3. The summed E-state index contributed by atoms with van der Waals surface area (Å²) in [6.45, 7) is 10.5. The largest absolute Gasteiger partial charge is 0.373 e. The van der Waals surface area contributed by atoms with E-state index in [1.165, 1.54) is 22.5 Å². The van der Waals surface area contributed by atoms with Gasteiger partial charge in [-0.25, -0.2) is 9.97 Å². The molecule has 4 aromatic rings. The third-order valence-electron chi connectivity index (χ3n) is 7.10. The quantitative estimate of drug-likeness (QED) is 0.435. The van der Waals surface area contributed by atoms with Crippen LogP contribution >= 0.6 is 11.3 Å². The first-order valence-electron chi connectivity index (χ1n) is 12.4. The van der Waals surface area contributed by atoms with Crippen molar-refractivity contribution in [3.05, 3.63) is 63.2 Å². The molecule has 1 saturated heterocycles. The lowest BCUT2D eigenvalue weighted by Crippen LogP contribution is -2.42. The molecular weight excluding hydrogens is 460 g/mol. The van der Waals surface area contributed by atoms with Crippen LogP contribution in [-0.4, -0.2) is 41.5 Å². The van der Waals surface area contributed by atoms with Gasteiger partial charge in [-0.15, -0.1) is 0 Å². The summed E-state index contributed by atoms with van der Waals surface area (Å²) in [5, 5.41) is 1.09. The van der Waals surface area contributed by atoms with E-state index in [1.807, 2.05) is 22.8 Å². The first-order valence-corrected chi connectivity index (χ1v) is 13.2. The average molecular weight is 492 g/mol. The second-order valence-electron chi connectivity index (χ2n) is 10.00. The minimum absolute atomic E-state index is 0.0401. The third-order valence-corrected chi connectivity index (χ3v) is 8.18. The molecule has 0 amide bonds. The molecule has 0 spiro atoms. The lowest BCUT2D eigenvalue weighted by molar-refractivity contribution is -0.329. The molecule has 0 unspecified atom stereocenters. The molecule has 1 fully saturated rings. The number of benzene rings is 1. The number of thiophene rings is 1. The van der Waals surface area contributed by atoms with Crippen molar-refractivity contribution >= 4 is 37.6 Å². The van der Waals surface area contributed by atoms with Gasteiger partial charge < -0.3 is 9.47 Å². The van der Waals surface area contributed by atoms with Crippen molar-refractivity contribution in [3.8, 4) is 0 Å². The second kappa shape index (κ2) is 8.69. The Morgan fingerprint density at radius 3 is 2.66 bits per heavy atom. The van der Waals surface area contributed by atoms with Crippen molar-refractivity contribution < 1.29 is 14.5 Å². The highest BCUT2D eigenvalue weighted by Crippen LogP contribution is 2.40. The molecule has 35 heavy (non-hydrogen) atoms. The number of pyridine rings is 1. The summed E-state index contributed by atoms with van der Waals surface area (Å²) < 4.78 is 14.4. The van der Waals surface area contributed by atoms with E-state index in [0.717, 1.165) is 57.1 Å². The molecule has 0 radical (unpaired) electrons. The molecule has 8 heteroatoms. The SMILES string of the molecule is CCc1nc2c(sc3[nH+]c(N4CCOCC4)c4c(c32)CC(C)(C)OC4)c(=O)n1Cc1ccccc1. The van der Waals surface area contributed by atoms with E-state index < -0.39 is 0 Å². The number of morpholine rings is 1. The van der Waals surface area contributed by atoms with Gasteiger partial charge in [-0.05, 0) is 25.0 Å². The van der Waals surface area contributed by atoms with Crippen LogP contribution in [0.2, 0.25) is 0 Å². The molecule has 2 aliphatic rings. The zero-order chi connectivity index (χ0) is 24.2. The number of H-pyrrole nitrogens is 1. The number of nitrogens with zero attached hydrogens (tertiary/aromatic N) is 3. The number of hydrogen-bond acceptors (Lipinski definition) is 6. The Morgan fingerprint density at radius 1 is 1.14 bits per heavy atom. The fourth-order valence-corrected chi connectivity index (χ4v) is 6.41. The molecule has 5 heterocycles. The van der Waals surface area contributed by atoms with Gasteiger partial charge in [-0.2, -0.15) is 0 Å². The molecule has 182 valence electrons. The highest BCUT2D eigenvalue weighted by molar-refractivity contribution is 7.25. The maximum Gasteiger partial charge on any atom is 0.281 e. The number of aromatic nitrogens is 3. The van der Waals surface area contributed by atoms with Gasteiger partial charge in [0.1, 0.15) is 29.1 Å². The van der Waals surface area contributed by atoms with Crippen LogP contribution in [0.4, 0.5) is 5.82 Å². The normalized spacial score (nSPS) is 17.7. The van der Waals surface area contributed by atoms with E-state index >= 15 is 0 Å². The fraction of sp³-hybridized carbons (Fsp3) is 0.444. The Morgan fingerprint density at radius 2 is 1.91 bits per heavy atom. The van der Waals surface area contributed by atoms with E-state index in [2.05, 4.69) is 42.8 Å². The number of rotatable bonds is 4. The van der Waals surface area contributed by atoms with Crippen molar-refractivity contribution in [2.45, 2.75) is 52.4 Å². The van der Waals surface area contributed by atoms with Crippen molar-refractivity contribution in [2.24, 2.45) is 0 Å². The van der Waals surface area contributed by atoms with Crippen LogP contribution in [0.1, 0.15) is 43.3 Å². The minimum Gasteiger partial charge on any atom is -0.373 e. The molecule has 0 aliphatic carbocycles. The number of anilines is 1. The summed E-state index contributed by atoms with van der Waals surface area (Å²) in [6, 6.07) is 10.1. The van der Waals surface area contributed by atoms with Gasteiger partial charge in [-0.1, -0.05) is 48.6 Å². The van der Waals surface area contributed by atoms with Crippen LogP contribution in [0.15, 0.2) is 35.1 Å². The molecule has 1 N–H and O–H groups in total. The van der Waals surface area contributed by atoms with E-state index in [4.69, 9.17) is 14.5 Å². The first-order chi connectivity index (χ1) is 16.9. The molecule has 6 rings (SSSR count). The highest BCUT2D eigenvalue weighted by Gasteiger charge is 2.36. The van der Waals surface area contributed by atoms with Crippen molar-refractivity contribution in [1.29, 1.82) is 0 Å². The van der Waals surface area contributed by atoms with Gasteiger partial charge in [0.05, 0.1) is 42.9 Å². The van der Waals surface area contributed by atoms with Crippen molar-refractivity contribution in [3.63, 3.8) is 0 Å². The zero-order valence-electron chi connectivity index (χ0n) is 20.5. The number of nitrogens with one attached hydrogen (secondary N) is 1. The molecule has 1 aromatic carbocycles.